The molecule has 2 aromatic carbocycles. The number of nitrogens with one attached hydrogen (secondary N) is 1. The minimum atomic E-state index is -3.67. The molecule has 166 valence electrons. The van der Waals surface area contributed by atoms with E-state index in [2.05, 4.69) is 5.32 Å². The first kappa shape index (κ1) is 22.6. The summed E-state index contributed by atoms with van der Waals surface area (Å²) in [5.41, 5.74) is 1.05. The van der Waals surface area contributed by atoms with Crippen LogP contribution < -0.4 is 19.5 Å². The molecule has 2 aromatic rings. The SMILES string of the molecule is CCOc1ccc(S(=O)(=O)N(CC)CC)cc1NC(=O)/C=C/c1ccc2c(c1)OCO2. The van der Waals surface area contributed by atoms with E-state index in [9.17, 15) is 13.2 Å². The highest BCUT2D eigenvalue weighted by molar-refractivity contribution is 7.89. The first-order valence-corrected chi connectivity index (χ1v) is 11.5. The first-order valence-electron chi connectivity index (χ1n) is 10.0. The van der Waals surface area contributed by atoms with Crippen LogP contribution in [0.2, 0.25) is 0 Å². The van der Waals surface area contributed by atoms with Crippen LogP contribution in [-0.4, -0.2) is 45.1 Å². The van der Waals surface area contributed by atoms with Crippen molar-refractivity contribution in [3.63, 3.8) is 0 Å². The number of ether oxygens (including phenoxy) is 3. The fraction of sp³-hybridized carbons (Fsp3) is 0.318. The predicted molar refractivity (Wildman–Crippen MR) is 118 cm³/mol. The van der Waals surface area contributed by atoms with Gasteiger partial charge >= 0.3 is 0 Å². The van der Waals surface area contributed by atoms with E-state index in [0.29, 0.717) is 36.9 Å². The summed E-state index contributed by atoms with van der Waals surface area (Å²) >= 11 is 0. The number of anilines is 1. The number of carbonyl (C=O) groups is 1. The van der Waals surface area contributed by atoms with Crippen molar-refractivity contribution in [3.05, 3.63) is 48.0 Å². The van der Waals surface area contributed by atoms with Gasteiger partial charge in [0.15, 0.2) is 11.5 Å². The summed E-state index contributed by atoms with van der Waals surface area (Å²) in [6, 6.07) is 9.81. The van der Waals surface area contributed by atoms with Gasteiger partial charge in [0.2, 0.25) is 22.7 Å². The fourth-order valence-electron chi connectivity index (χ4n) is 3.12. The van der Waals surface area contributed by atoms with Crippen molar-refractivity contribution in [2.45, 2.75) is 25.7 Å². The molecule has 8 nitrogen and oxygen atoms in total. The van der Waals surface area contributed by atoms with Crippen molar-refractivity contribution in [1.82, 2.24) is 4.31 Å². The number of sulfonamides is 1. The largest absolute Gasteiger partial charge is 0.492 e. The maximum absolute atomic E-state index is 12.8. The molecule has 0 atom stereocenters. The van der Waals surface area contributed by atoms with Gasteiger partial charge in [0, 0.05) is 19.2 Å². The van der Waals surface area contributed by atoms with Crippen LogP contribution in [0.5, 0.6) is 17.2 Å². The summed E-state index contributed by atoms with van der Waals surface area (Å²) in [7, 11) is -3.67. The molecule has 9 heteroatoms. The molecule has 0 saturated carbocycles. The Morgan fingerprint density at radius 3 is 2.55 bits per heavy atom. The topological polar surface area (TPSA) is 94.2 Å². The third-order valence-electron chi connectivity index (χ3n) is 4.68. The second-order valence-corrected chi connectivity index (χ2v) is 8.55. The van der Waals surface area contributed by atoms with Crippen LogP contribution in [0.4, 0.5) is 5.69 Å². The number of nitrogens with zero attached hydrogens (tertiary/aromatic N) is 1. The molecule has 0 spiro atoms. The van der Waals surface area contributed by atoms with Crippen LogP contribution in [0.3, 0.4) is 0 Å². The van der Waals surface area contributed by atoms with Crippen molar-refractivity contribution in [1.29, 1.82) is 0 Å². The van der Waals surface area contributed by atoms with Crippen molar-refractivity contribution in [3.8, 4) is 17.2 Å². The van der Waals surface area contributed by atoms with E-state index in [0.717, 1.165) is 5.56 Å². The molecule has 31 heavy (non-hydrogen) atoms. The average Bonchev–Trinajstić information content (AvgIpc) is 3.22. The fourth-order valence-corrected chi connectivity index (χ4v) is 4.61. The molecule has 1 heterocycles. The third kappa shape index (κ3) is 5.18. The Morgan fingerprint density at radius 1 is 1.10 bits per heavy atom. The van der Waals surface area contributed by atoms with Gasteiger partial charge < -0.3 is 19.5 Å². The Labute approximate surface area is 182 Å². The smallest absolute Gasteiger partial charge is 0.248 e. The summed E-state index contributed by atoms with van der Waals surface area (Å²) in [5.74, 6) is 1.26. The van der Waals surface area contributed by atoms with Crippen molar-refractivity contribution in [2.24, 2.45) is 0 Å². The van der Waals surface area contributed by atoms with Crippen LogP contribution in [-0.2, 0) is 14.8 Å². The third-order valence-corrected chi connectivity index (χ3v) is 6.72. The second-order valence-electron chi connectivity index (χ2n) is 6.62. The van der Waals surface area contributed by atoms with E-state index in [1.54, 1.807) is 44.2 Å². The lowest BCUT2D eigenvalue weighted by Gasteiger charge is -2.19. The lowest BCUT2D eigenvalue weighted by molar-refractivity contribution is -0.111. The quantitative estimate of drug-likeness (QED) is 0.593. The van der Waals surface area contributed by atoms with Crippen LogP contribution >= 0.6 is 0 Å². The van der Waals surface area contributed by atoms with Gasteiger partial charge in [-0.25, -0.2) is 8.42 Å². The predicted octanol–water partition coefficient (Wildman–Crippen LogP) is 3.50. The molecule has 1 N–H and O–H groups in total. The Balaban J connectivity index is 1.82. The van der Waals surface area contributed by atoms with Crippen LogP contribution in [0.15, 0.2) is 47.4 Å². The van der Waals surface area contributed by atoms with E-state index in [1.807, 2.05) is 6.92 Å². The number of fused-ring (bicyclic) bond motifs is 1. The summed E-state index contributed by atoms with van der Waals surface area (Å²) in [5, 5.41) is 2.72. The molecule has 0 fully saturated rings. The van der Waals surface area contributed by atoms with Gasteiger partial charge in [-0.1, -0.05) is 19.9 Å². The van der Waals surface area contributed by atoms with E-state index < -0.39 is 15.9 Å². The van der Waals surface area contributed by atoms with Crippen molar-refractivity contribution >= 4 is 27.7 Å². The highest BCUT2D eigenvalue weighted by Gasteiger charge is 2.23. The van der Waals surface area contributed by atoms with Gasteiger partial charge in [-0.05, 0) is 48.9 Å². The Kier molecular flexibility index (Phi) is 7.19. The average molecular weight is 447 g/mol. The molecule has 0 unspecified atom stereocenters. The van der Waals surface area contributed by atoms with Gasteiger partial charge in [0.1, 0.15) is 5.75 Å². The molecule has 0 saturated heterocycles. The monoisotopic (exact) mass is 446 g/mol. The number of rotatable bonds is 9. The Morgan fingerprint density at radius 2 is 1.84 bits per heavy atom. The maximum Gasteiger partial charge on any atom is 0.248 e. The zero-order chi connectivity index (χ0) is 22.4. The molecule has 0 aliphatic carbocycles. The Bertz CT molecular complexity index is 1080. The molecule has 0 aromatic heterocycles. The maximum atomic E-state index is 12.8. The highest BCUT2D eigenvalue weighted by atomic mass is 32.2. The number of hydrogen-bond acceptors (Lipinski definition) is 6. The van der Waals surface area contributed by atoms with Crippen LogP contribution in [0.25, 0.3) is 6.08 Å². The zero-order valence-electron chi connectivity index (χ0n) is 17.8. The minimum absolute atomic E-state index is 0.0923. The number of carbonyl (C=O) groups excluding carboxylic acids is 1. The molecular weight excluding hydrogens is 420 g/mol. The molecule has 1 aliphatic rings. The second kappa shape index (κ2) is 9.84. The van der Waals surface area contributed by atoms with Gasteiger partial charge in [-0.15, -0.1) is 0 Å². The summed E-state index contributed by atoms with van der Waals surface area (Å²) in [6.45, 7) is 6.62. The van der Waals surface area contributed by atoms with Crippen LogP contribution in [0.1, 0.15) is 26.3 Å². The normalized spacial score (nSPS) is 13.0. The number of benzene rings is 2. The van der Waals surface area contributed by atoms with Gasteiger partial charge in [0.25, 0.3) is 0 Å². The molecule has 0 bridgehead atoms. The van der Waals surface area contributed by atoms with Gasteiger partial charge in [0.05, 0.1) is 17.2 Å². The van der Waals surface area contributed by atoms with Crippen LogP contribution in [0, 0.1) is 0 Å². The lowest BCUT2D eigenvalue weighted by Crippen LogP contribution is -2.30. The molecule has 0 radical (unpaired) electrons. The van der Waals surface area contributed by atoms with E-state index in [-0.39, 0.29) is 17.4 Å². The molecule has 1 aliphatic heterocycles. The minimum Gasteiger partial charge on any atom is -0.492 e. The summed E-state index contributed by atoms with van der Waals surface area (Å²) < 4.78 is 43.2. The van der Waals surface area contributed by atoms with Crippen molar-refractivity contribution in [2.75, 3.05) is 31.8 Å². The zero-order valence-corrected chi connectivity index (χ0v) is 18.6. The lowest BCUT2D eigenvalue weighted by atomic mass is 10.2. The van der Waals surface area contributed by atoms with E-state index >= 15 is 0 Å². The van der Waals surface area contributed by atoms with Gasteiger partial charge in [-0.2, -0.15) is 4.31 Å². The highest BCUT2D eigenvalue weighted by Crippen LogP contribution is 2.33. The number of amides is 1. The molecule has 1 amide bonds. The molecular formula is C22H26N2O6S. The van der Waals surface area contributed by atoms with Gasteiger partial charge in [-0.3, -0.25) is 4.79 Å². The summed E-state index contributed by atoms with van der Waals surface area (Å²) in [4.78, 5) is 12.6. The van der Waals surface area contributed by atoms with Crippen molar-refractivity contribution < 1.29 is 27.4 Å². The number of hydrogen-bond donors (Lipinski definition) is 1. The van der Waals surface area contributed by atoms with E-state index in [4.69, 9.17) is 14.2 Å². The summed E-state index contributed by atoms with van der Waals surface area (Å²) in [6.07, 6.45) is 2.99. The first-order chi connectivity index (χ1) is 14.9. The Hall–Kier alpha value is -3.04. The molecule has 3 rings (SSSR count). The standard InChI is InChI=1S/C22H26N2O6S/c1-4-24(5-2)31(26,27)17-9-11-19(28-6-3)18(14-17)23-22(25)12-8-16-7-10-20-21(13-16)30-15-29-20/h7-14H,4-6,15H2,1-3H3,(H,23,25)/b12-8+. The van der Waals surface area contributed by atoms with E-state index in [1.165, 1.54) is 22.5 Å².